The Morgan fingerprint density at radius 3 is 2.63 bits per heavy atom. The van der Waals surface area contributed by atoms with Crippen molar-refractivity contribution in [3.05, 3.63) is 29.8 Å². The van der Waals surface area contributed by atoms with E-state index >= 15 is 0 Å². The van der Waals surface area contributed by atoms with Crippen LogP contribution in [0.15, 0.2) is 24.3 Å². The second-order valence-electron chi connectivity index (χ2n) is 4.37. The number of aliphatic hydroxyl groups is 1. The van der Waals surface area contributed by atoms with Crippen molar-refractivity contribution in [1.29, 1.82) is 0 Å². The molecule has 0 saturated carbocycles. The van der Waals surface area contributed by atoms with Crippen LogP contribution in [0.3, 0.4) is 0 Å². The number of aliphatic hydroxyl groups excluding tert-OH is 1. The van der Waals surface area contributed by atoms with E-state index in [-0.39, 0.29) is 6.42 Å². The molecule has 104 valence electrons. The minimum Gasteiger partial charge on any atom is -0.480 e. The number of carboxylic acids is 1. The first-order valence-electron chi connectivity index (χ1n) is 5.95. The summed E-state index contributed by atoms with van der Waals surface area (Å²) < 4.78 is 0. The van der Waals surface area contributed by atoms with Gasteiger partial charge in [0.15, 0.2) is 6.04 Å². The van der Waals surface area contributed by atoms with Gasteiger partial charge in [-0.05, 0) is 31.0 Å². The summed E-state index contributed by atoms with van der Waals surface area (Å²) in [7, 11) is 0. The minimum absolute atomic E-state index is 0.139. The molecule has 1 rings (SSSR count). The fourth-order valence-electron chi connectivity index (χ4n) is 1.64. The number of hydrogen-bond donors (Lipinski definition) is 4. The van der Waals surface area contributed by atoms with E-state index in [2.05, 4.69) is 5.32 Å². The molecule has 19 heavy (non-hydrogen) atoms. The van der Waals surface area contributed by atoms with Gasteiger partial charge in [-0.25, -0.2) is 4.79 Å². The molecule has 0 radical (unpaired) electrons. The number of aliphatic carboxylic acids is 1. The zero-order valence-corrected chi connectivity index (χ0v) is 10.7. The number of aryl methyl sites for hydroxylation is 1. The van der Waals surface area contributed by atoms with E-state index in [1.54, 1.807) is 18.2 Å². The third-order valence-corrected chi connectivity index (χ3v) is 2.66. The Morgan fingerprint density at radius 2 is 2.11 bits per heavy atom. The molecular weight excluding hydrogens is 248 g/mol. The number of benzene rings is 1. The van der Waals surface area contributed by atoms with E-state index in [9.17, 15) is 14.7 Å². The summed E-state index contributed by atoms with van der Waals surface area (Å²) >= 11 is 0. The van der Waals surface area contributed by atoms with Crippen molar-refractivity contribution in [3.8, 4) is 0 Å². The van der Waals surface area contributed by atoms with Crippen LogP contribution in [0.25, 0.3) is 0 Å². The lowest BCUT2D eigenvalue weighted by atomic mass is 10.1. The first-order valence-corrected chi connectivity index (χ1v) is 5.95. The minimum atomic E-state index is -1.28. The predicted octanol–water partition coefficient (Wildman–Crippen LogP) is 0.152. The summed E-state index contributed by atoms with van der Waals surface area (Å²) in [4.78, 5) is 22.4. The molecule has 0 unspecified atom stereocenters. The molecule has 6 heteroatoms. The summed E-state index contributed by atoms with van der Waals surface area (Å²) in [5, 5.41) is 20.3. The Labute approximate surface area is 111 Å². The largest absolute Gasteiger partial charge is 0.480 e. The van der Waals surface area contributed by atoms with Crippen molar-refractivity contribution in [2.45, 2.75) is 31.9 Å². The van der Waals surface area contributed by atoms with Gasteiger partial charge in [0, 0.05) is 12.1 Å². The number of nitrogens with one attached hydrogen (secondary N) is 1. The molecule has 1 aromatic rings. The third-order valence-electron chi connectivity index (χ3n) is 2.66. The molecule has 0 aliphatic rings. The number of hydrogen-bond acceptors (Lipinski definition) is 4. The average molecular weight is 266 g/mol. The first kappa shape index (κ1) is 15.0. The average Bonchev–Trinajstić information content (AvgIpc) is 2.32. The molecule has 1 aromatic carbocycles. The topological polar surface area (TPSA) is 113 Å². The second-order valence-corrected chi connectivity index (χ2v) is 4.37. The fraction of sp³-hybridized carbons (Fsp3) is 0.385. The Morgan fingerprint density at radius 1 is 1.42 bits per heavy atom. The molecule has 0 heterocycles. The van der Waals surface area contributed by atoms with Gasteiger partial charge in [-0.1, -0.05) is 12.1 Å². The molecule has 0 bridgehead atoms. The van der Waals surface area contributed by atoms with Crippen molar-refractivity contribution >= 4 is 17.6 Å². The molecule has 0 aromatic heterocycles. The van der Waals surface area contributed by atoms with Crippen LogP contribution in [0.4, 0.5) is 5.69 Å². The number of amides is 1. The maximum absolute atomic E-state index is 11.6. The Kier molecular flexibility index (Phi) is 5.32. The third kappa shape index (κ3) is 4.97. The highest BCUT2D eigenvalue weighted by atomic mass is 16.4. The zero-order chi connectivity index (χ0) is 14.4. The lowest BCUT2D eigenvalue weighted by Crippen LogP contribution is -2.47. The molecule has 2 atom stereocenters. The summed E-state index contributed by atoms with van der Waals surface area (Å²) in [5.74, 6) is -1.68. The normalized spacial score (nSPS) is 13.6. The van der Waals surface area contributed by atoms with Gasteiger partial charge < -0.3 is 21.3 Å². The van der Waals surface area contributed by atoms with E-state index in [0.717, 1.165) is 5.56 Å². The zero-order valence-electron chi connectivity index (χ0n) is 10.7. The van der Waals surface area contributed by atoms with E-state index in [1.165, 1.54) is 6.92 Å². The van der Waals surface area contributed by atoms with E-state index < -0.39 is 24.0 Å². The van der Waals surface area contributed by atoms with Gasteiger partial charge in [-0.2, -0.15) is 0 Å². The molecule has 6 nitrogen and oxygen atoms in total. The Bertz CT molecular complexity index is 460. The molecule has 0 spiro atoms. The summed E-state index contributed by atoms with van der Waals surface area (Å²) in [6, 6.07) is 5.85. The van der Waals surface area contributed by atoms with Gasteiger partial charge in [0.05, 0.1) is 6.10 Å². The van der Waals surface area contributed by atoms with E-state index in [1.807, 2.05) is 6.07 Å². The van der Waals surface area contributed by atoms with Crippen LogP contribution < -0.4 is 11.1 Å². The number of nitrogen functional groups attached to an aromatic ring is 1. The number of nitrogens with two attached hydrogens (primary N) is 1. The Hall–Kier alpha value is -2.08. The molecule has 0 fully saturated rings. The summed E-state index contributed by atoms with van der Waals surface area (Å²) in [5.41, 5.74) is 7.13. The number of carboxylic acid groups (broad SMARTS) is 1. The molecular formula is C13H18N2O4. The van der Waals surface area contributed by atoms with E-state index in [0.29, 0.717) is 12.1 Å². The van der Waals surface area contributed by atoms with Gasteiger partial charge in [-0.3, -0.25) is 4.79 Å². The van der Waals surface area contributed by atoms with Crippen LogP contribution in [-0.4, -0.2) is 34.2 Å². The van der Waals surface area contributed by atoms with Gasteiger partial charge in [-0.15, -0.1) is 0 Å². The van der Waals surface area contributed by atoms with Crippen LogP contribution in [0.5, 0.6) is 0 Å². The standard InChI is InChI=1S/C13H18N2O4/c1-8(16)12(13(18)19)15-11(17)6-5-9-3-2-4-10(14)7-9/h2-4,7-8,12,16H,5-6,14H2,1H3,(H,15,17)(H,18,19)/t8-,12+/m1/s1. The van der Waals surface area contributed by atoms with Gasteiger partial charge in [0.1, 0.15) is 0 Å². The number of carbonyl (C=O) groups excluding carboxylic acids is 1. The predicted molar refractivity (Wildman–Crippen MR) is 70.4 cm³/mol. The van der Waals surface area contributed by atoms with Crippen molar-refractivity contribution in [3.63, 3.8) is 0 Å². The van der Waals surface area contributed by atoms with Gasteiger partial charge >= 0.3 is 5.97 Å². The lowest BCUT2D eigenvalue weighted by molar-refractivity contribution is -0.144. The second kappa shape index (κ2) is 6.75. The number of carbonyl (C=O) groups is 2. The van der Waals surface area contributed by atoms with Crippen LogP contribution in [0.1, 0.15) is 18.9 Å². The highest BCUT2D eigenvalue weighted by Gasteiger charge is 2.24. The number of anilines is 1. The van der Waals surface area contributed by atoms with Crippen LogP contribution >= 0.6 is 0 Å². The van der Waals surface area contributed by atoms with Crippen LogP contribution in [0.2, 0.25) is 0 Å². The summed E-state index contributed by atoms with van der Waals surface area (Å²) in [6.07, 6.45) is -0.544. The summed E-state index contributed by atoms with van der Waals surface area (Å²) in [6.45, 7) is 1.32. The van der Waals surface area contributed by atoms with Crippen molar-refractivity contribution in [2.24, 2.45) is 0 Å². The highest BCUT2D eigenvalue weighted by molar-refractivity contribution is 5.84. The SMILES string of the molecule is C[C@@H](O)[C@H](NC(=O)CCc1cccc(N)c1)C(=O)O. The van der Waals surface area contributed by atoms with Crippen molar-refractivity contribution in [1.82, 2.24) is 5.32 Å². The Balaban J connectivity index is 2.49. The molecule has 0 aliphatic heterocycles. The van der Waals surface area contributed by atoms with E-state index in [4.69, 9.17) is 10.8 Å². The van der Waals surface area contributed by atoms with Crippen molar-refractivity contribution < 1.29 is 19.8 Å². The maximum Gasteiger partial charge on any atom is 0.328 e. The maximum atomic E-state index is 11.6. The molecule has 0 saturated heterocycles. The van der Waals surface area contributed by atoms with Gasteiger partial charge in [0.25, 0.3) is 0 Å². The molecule has 0 aliphatic carbocycles. The first-order chi connectivity index (χ1) is 8.90. The number of rotatable bonds is 6. The highest BCUT2D eigenvalue weighted by Crippen LogP contribution is 2.08. The monoisotopic (exact) mass is 266 g/mol. The molecule has 5 N–H and O–H groups in total. The van der Waals surface area contributed by atoms with Crippen molar-refractivity contribution in [2.75, 3.05) is 5.73 Å². The smallest absolute Gasteiger partial charge is 0.328 e. The quantitative estimate of drug-likeness (QED) is 0.547. The van der Waals surface area contributed by atoms with Crippen LogP contribution in [-0.2, 0) is 16.0 Å². The van der Waals surface area contributed by atoms with Gasteiger partial charge in [0.2, 0.25) is 5.91 Å². The van der Waals surface area contributed by atoms with Crippen LogP contribution in [0, 0.1) is 0 Å². The fourth-order valence-corrected chi connectivity index (χ4v) is 1.64. The lowest BCUT2D eigenvalue weighted by Gasteiger charge is -2.16. The molecule has 1 amide bonds.